The third-order valence-electron chi connectivity index (χ3n) is 4.93. The number of carbonyl (C=O) groups excluding carboxylic acids is 2. The number of hydrogen-bond acceptors (Lipinski definition) is 5. The molecule has 0 fully saturated rings. The Balaban J connectivity index is 1.36. The third kappa shape index (κ3) is 8.29. The topological polar surface area (TPSA) is 85.7 Å². The molecule has 1 heterocycles. The van der Waals surface area contributed by atoms with Crippen molar-refractivity contribution in [2.24, 2.45) is 0 Å². The van der Waals surface area contributed by atoms with Gasteiger partial charge >= 0.3 is 6.18 Å². The summed E-state index contributed by atoms with van der Waals surface area (Å²) in [5.74, 6) is -0.266. The lowest BCUT2D eigenvalue weighted by Crippen LogP contribution is -2.33. The molecule has 1 aromatic heterocycles. The first-order valence-corrected chi connectivity index (χ1v) is 10.8. The maximum atomic E-state index is 12.9. The number of aromatic nitrogens is 2. The van der Waals surface area contributed by atoms with Gasteiger partial charge in [-0.3, -0.25) is 14.3 Å². The number of nitrogens with zero attached hydrogens (tertiary/aromatic N) is 3. The Kier molecular flexibility index (Phi) is 8.87. The largest absolute Gasteiger partial charge is 0.493 e. The molecule has 0 aliphatic heterocycles. The minimum Gasteiger partial charge on any atom is -0.493 e. The molecular formula is C24H24F4N4O4. The van der Waals surface area contributed by atoms with Crippen LogP contribution >= 0.6 is 0 Å². The van der Waals surface area contributed by atoms with Crippen LogP contribution in [-0.4, -0.2) is 53.3 Å². The van der Waals surface area contributed by atoms with E-state index in [2.05, 4.69) is 10.4 Å². The van der Waals surface area contributed by atoms with Crippen LogP contribution in [0, 0.1) is 5.82 Å². The normalized spacial score (nSPS) is 11.1. The number of anilines is 1. The van der Waals surface area contributed by atoms with Gasteiger partial charge in [-0.2, -0.15) is 18.3 Å². The zero-order valence-electron chi connectivity index (χ0n) is 19.3. The second-order valence-electron chi connectivity index (χ2n) is 7.71. The number of likely N-dealkylation sites (N-methyl/N-ethyl adjacent to an activating group) is 1. The summed E-state index contributed by atoms with van der Waals surface area (Å²) in [6.07, 6.45) is -1.45. The average Bonchev–Trinajstić information content (AvgIpc) is 3.26. The van der Waals surface area contributed by atoms with Gasteiger partial charge in [-0.25, -0.2) is 4.39 Å². The fourth-order valence-electron chi connectivity index (χ4n) is 2.96. The van der Waals surface area contributed by atoms with E-state index >= 15 is 0 Å². The Morgan fingerprint density at radius 1 is 1.00 bits per heavy atom. The van der Waals surface area contributed by atoms with E-state index < -0.39 is 11.7 Å². The highest BCUT2D eigenvalue weighted by Gasteiger charge is 2.30. The van der Waals surface area contributed by atoms with E-state index in [1.165, 1.54) is 58.4 Å². The smallest absolute Gasteiger partial charge is 0.416 e. The van der Waals surface area contributed by atoms with Gasteiger partial charge in [0, 0.05) is 13.2 Å². The molecule has 8 nitrogen and oxygen atoms in total. The van der Waals surface area contributed by atoms with Crippen molar-refractivity contribution in [3.63, 3.8) is 0 Å². The summed E-state index contributed by atoms with van der Waals surface area (Å²) in [6.45, 7) is 0.316. The second-order valence-corrected chi connectivity index (χ2v) is 7.71. The van der Waals surface area contributed by atoms with E-state index in [0.29, 0.717) is 11.4 Å². The average molecular weight is 508 g/mol. The predicted molar refractivity (Wildman–Crippen MR) is 122 cm³/mol. The van der Waals surface area contributed by atoms with Crippen LogP contribution in [0.1, 0.15) is 12.0 Å². The molecule has 0 bridgehead atoms. The van der Waals surface area contributed by atoms with Crippen molar-refractivity contribution < 1.29 is 36.6 Å². The van der Waals surface area contributed by atoms with Gasteiger partial charge in [-0.05, 0) is 48.5 Å². The van der Waals surface area contributed by atoms with Gasteiger partial charge in [-0.1, -0.05) is 0 Å². The summed E-state index contributed by atoms with van der Waals surface area (Å²) >= 11 is 0. The number of hydrogen-bond donors (Lipinski definition) is 1. The van der Waals surface area contributed by atoms with Crippen molar-refractivity contribution in [2.75, 3.05) is 32.1 Å². The molecule has 0 unspecified atom stereocenters. The number of rotatable bonds is 11. The monoisotopic (exact) mass is 508 g/mol. The molecule has 12 heteroatoms. The van der Waals surface area contributed by atoms with Crippen LogP contribution in [0.15, 0.2) is 60.9 Å². The first-order chi connectivity index (χ1) is 17.1. The first-order valence-electron chi connectivity index (χ1n) is 10.8. The molecule has 0 spiro atoms. The van der Waals surface area contributed by atoms with Gasteiger partial charge in [0.05, 0.1) is 37.0 Å². The Morgan fingerprint density at radius 2 is 1.61 bits per heavy atom. The minimum absolute atomic E-state index is 0.0587. The molecule has 0 aliphatic rings. The van der Waals surface area contributed by atoms with Crippen molar-refractivity contribution in [3.05, 3.63) is 72.3 Å². The van der Waals surface area contributed by atoms with Crippen LogP contribution in [0.4, 0.5) is 23.2 Å². The van der Waals surface area contributed by atoms with Crippen molar-refractivity contribution in [1.29, 1.82) is 0 Å². The van der Waals surface area contributed by atoms with Crippen LogP contribution in [0.2, 0.25) is 0 Å². The fraction of sp³-hybridized carbons (Fsp3) is 0.292. The lowest BCUT2D eigenvalue weighted by atomic mass is 10.2. The zero-order chi connectivity index (χ0) is 26.1. The molecule has 0 radical (unpaired) electrons. The van der Waals surface area contributed by atoms with Gasteiger partial charge in [-0.15, -0.1) is 0 Å². The quantitative estimate of drug-likeness (QED) is 0.396. The van der Waals surface area contributed by atoms with Gasteiger partial charge in [0.2, 0.25) is 11.8 Å². The molecule has 0 atom stereocenters. The van der Waals surface area contributed by atoms with Gasteiger partial charge in [0.1, 0.15) is 30.5 Å². The number of nitrogens with one attached hydrogen (secondary N) is 1. The second kappa shape index (κ2) is 12.0. The van der Waals surface area contributed by atoms with Gasteiger partial charge < -0.3 is 19.7 Å². The summed E-state index contributed by atoms with van der Waals surface area (Å²) in [6, 6.07) is 9.74. The fourth-order valence-corrected chi connectivity index (χ4v) is 2.96. The first kappa shape index (κ1) is 26.5. The van der Waals surface area contributed by atoms with E-state index in [4.69, 9.17) is 9.47 Å². The van der Waals surface area contributed by atoms with Crippen LogP contribution in [-0.2, 0) is 22.3 Å². The third-order valence-corrected chi connectivity index (χ3v) is 4.93. The zero-order valence-corrected chi connectivity index (χ0v) is 19.3. The Bertz CT molecular complexity index is 1150. The van der Waals surface area contributed by atoms with Crippen LogP contribution < -0.4 is 14.8 Å². The van der Waals surface area contributed by atoms with Crippen molar-refractivity contribution in [2.45, 2.75) is 19.1 Å². The Morgan fingerprint density at radius 3 is 2.25 bits per heavy atom. The molecule has 1 N–H and O–H groups in total. The van der Waals surface area contributed by atoms with E-state index in [9.17, 15) is 27.2 Å². The lowest BCUT2D eigenvalue weighted by Gasteiger charge is -2.17. The SMILES string of the molecule is CN(CCOc1ccc(C(F)(F)F)cc1)C(=O)Cn1cc(NC(=O)CCOc2ccc(F)cc2)cn1. The summed E-state index contributed by atoms with van der Waals surface area (Å²) in [7, 11) is 1.56. The minimum atomic E-state index is -4.42. The molecule has 0 aliphatic carbocycles. The van der Waals surface area contributed by atoms with Crippen molar-refractivity contribution >= 4 is 17.5 Å². The van der Waals surface area contributed by atoms with Crippen molar-refractivity contribution in [1.82, 2.24) is 14.7 Å². The summed E-state index contributed by atoms with van der Waals surface area (Å²) in [5.41, 5.74) is -0.363. The van der Waals surface area contributed by atoms with E-state index in [0.717, 1.165) is 12.1 Å². The van der Waals surface area contributed by atoms with E-state index in [1.807, 2.05) is 0 Å². The summed E-state index contributed by atoms with van der Waals surface area (Å²) in [4.78, 5) is 25.9. The summed E-state index contributed by atoms with van der Waals surface area (Å²) < 4.78 is 62.8. The molecule has 3 aromatic rings. The maximum absolute atomic E-state index is 12.9. The van der Waals surface area contributed by atoms with Crippen LogP contribution in [0.3, 0.4) is 0 Å². The molecule has 192 valence electrons. The number of ether oxygens (including phenoxy) is 2. The van der Waals surface area contributed by atoms with Gasteiger partial charge in [0.15, 0.2) is 0 Å². The van der Waals surface area contributed by atoms with Crippen molar-refractivity contribution in [3.8, 4) is 11.5 Å². The maximum Gasteiger partial charge on any atom is 0.416 e. The molecule has 3 rings (SSSR count). The predicted octanol–water partition coefficient (Wildman–Crippen LogP) is 3.99. The highest BCUT2D eigenvalue weighted by atomic mass is 19.4. The number of halogens is 4. The highest BCUT2D eigenvalue weighted by molar-refractivity contribution is 5.90. The molecule has 0 saturated carbocycles. The lowest BCUT2D eigenvalue weighted by molar-refractivity contribution is -0.137. The number of alkyl halides is 3. The van der Waals surface area contributed by atoms with E-state index in [1.54, 1.807) is 7.05 Å². The number of amides is 2. The Labute approximate surface area is 204 Å². The van der Waals surface area contributed by atoms with Crippen LogP contribution in [0.25, 0.3) is 0 Å². The number of carbonyl (C=O) groups is 2. The number of benzene rings is 2. The van der Waals surface area contributed by atoms with Gasteiger partial charge in [0.25, 0.3) is 0 Å². The molecular weight excluding hydrogens is 484 g/mol. The van der Waals surface area contributed by atoms with Crippen LogP contribution in [0.5, 0.6) is 11.5 Å². The standard InChI is InChI=1S/C24H24F4N4O4/c1-31(11-13-36-20-6-2-17(3-7-20)24(26,27)28)23(34)16-32-15-19(14-29-32)30-22(33)10-12-35-21-8-4-18(25)5-9-21/h2-9,14-15H,10-13,16H2,1H3,(H,30,33). The highest BCUT2D eigenvalue weighted by Crippen LogP contribution is 2.30. The summed E-state index contributed by atoms with van der Waals surface area (Å²) in [5, 5.41) is 6.70. The molecule has 0 saturated heterocycles. The van der Waals surface area contributed by atoms with E-state index in [-0.39, 0.29) is 56.1 Å². The molecule has 2 amide bonds. The molecule has 36 heavy (non-hydrogen) atoms. The Hall–Kier alpha value is -4.09. The molecule has 2 aromatic carbocycles.